The van der Waals surface area contributed by atoms with Gasteiger partial charge in [-0.3, -0.25) is 9.78 Å². The van der Waals surface area contributed by atoms with Gasteiger partial charge in [0.05, 0.1) is 21.8 Å². The normalized spacial score (nSPS) is 17.4. The van der Waals surface area contributed by atoms with E-state index in [1.807, 2.05) is 29.2 Å². The maximum absolute atomic E-state index is 11.4. The Morgan fingerprint density at radius 1 is 1.27 bits per heavy atom. The minimum absolute atomic E-state index is 0.381. The highest BCUT2D eigenvalue weighted by atomic mass is 35.5. The van der Waals surface area contributed by atoms with Gasteiger partial charge in [0.15, 0.2) is 0 Å². The van der Waals surface area contributed by atoms with Crippen molar-refractivity contribution in [3.8, 4) is 11.1 Å². The third kappa shape index (κ3) is 3.08. The number of benzene rings is 1. The van der Waals surface area contributed by atoms with Gasteiger partial charge >= 0.3 is 5.97 Å². The van der Waals surface area contributed by atoms with Crippen LogP contribution in [0.5, 0.6) is 0 Å². The number of fused-ring (bicyclic) bond motifs is 1. The minimum atomic E-state index is -0.757. The number of carbonyl (C=O) groups is 1. The Hall–Kier alpha value is -2.73. The molecule has 1 saturated heterocycles. The molecule has 1 atom stereocenters. The summed E-state index contributed by atoms with van der Waals surface area (Å²) in [5.74, 6) is -0.377. The fourth-order valence-corrected chi connectivity index (χ4v) is 3.68. The second kappa shape index (κ2) is 6.88. The Balaban J connectivity index is 1.87. The summed E-state index contributed by atoms with van der Waals surface area (Å²) >= 11 is 6.12. The number of nitrogens with zero attached hydrogens (tertiary/aromatic N) is 4. The van der Waals surface area contributed by atoms with Crippen molar-refractivity contribution in [2.45, 2.75) is 12.8 Å². The average molecular weight is 369 g/mol. The number of carboxylic acids is 1. The Bertz CT molecular complexity index is 973. The van der Waals surface area contributed by atoms with E-state index in [1.165, 1.54) is 6.33 Å². The van der Waals surface area contributed by atoms with Crippen LogP contribution in [0.1, 0.15) is 12.8 Å². The molecule has 3 aromatic rings. The molecule has 4 rings (SSSR count). The SMILES string of the molecule is O=C(O)C1CCCN(c2ncnc3cccc(-c4cncc(Cl)c4)c23)C1. The first-order chi connectivity index (χ1) is 12.6. The first-order valence-corrected chi connectivity index (χ1v) is 8.83. The molecule has 7 heteroatoms. The summed E-state index contributed by atoms with van der Waals surface area (Å²) in [6.45, 7) is 1.22. The number of aliphatic carboxylic acids is 1. The molecule has 0 aliphatic carbocycles. The quantitative estimate of drug-likeness (QED) is 0.760. The van der Waals surface area contributed by atoms with Crippen LogP contribution in [0.25, 0.3) is 22.0 Å². The van der Waals surface area contributed by atoms with E-state index < -0.39 is 5.97 Å². The molecule has 132 valence electrons. The van der Waals surface area contributed by atoms with Crippen LogP contribution < -0.4 is 4.90 Å². The van der Waals surface area contributed by atoms with E-state index in [0.717, 1.165) is 40.8 Å². The molecule has 1 aromatic carbocycles. The molecule has 0 saturated carbocycles. The van der Waals surface area contributed by atoms with E-state index in [4.69, 9.17) is 11.6 Å². The first-order valence-electron chi connectivity index (χ1n) is 8.46. The zero-order valence-corrected chi connectivity index (χ0v) is 14.7. The van der Waals surface area contributed by atoms with Crippen molar-refractivity contribution in [3.63, 3.8) is 0 Å². The van der Waals surface area contributed by atoms with Crippen molar-refractivity contribution >= 4 is 34.3 Å². The fourth-order valence-electron chi connectivity index (χ4n) is 3.50. The van der Waals surface area contributed by atoms with Gasteiger partial charge in [0.2, 0.25) is 0 Å². The lowest BCUT2D eigenvalue weighted by atomic mass is 9.97. The van der Waals surface area contributed by atoms with Crippen molar-refractivity contribution in [3.05, 3.63) is 48.0 Å². The van der Waals surface area contributed by atoms with Crippen LogP contribution in [-0.4, -0.2) is 39.1 Å². The van der Waals surface area contributed by atoms with Crippen LogP contribution in [0, 0.1) is 5.92 Å². The van der Waals surface area contributed by atoms with E-state index in [2.05, 4.69) is 15.0 Å². The maximum atomic E-state index is 11.4. The molecule has 1 fully saturated rings. The van der Waals surface area contributed by atoms with Crippen LogP contribution >= 0.6 is 11.6 Å². The van der Waals surface area contributed by atoms with Crippen LogP contribution in [0.3, 0.4) is 0 Å². The monoisotopic (exact) mass is 368 g/mol. The second-order valence-corrected chi connectivity index (χ2v) is 6.85. The predicted molar refractivity (Wildman–Crippen MR) is 100 cm³/mol. The summed E-state index contributed by atoms with van der Waals surface area (Å²) in [5, 5.41) is 10.8. The molecule has 0 bridgehead atoms. The molecule has 3 heterocycles. The van der Waals surface area contributed by atoms with Crippen LogP contribution in [0.15, 0.2) is 43.0 Å². The Kier molecular flexibility index (Phi) is 4.42. The largest absolute Gasteiger partial charge is 0.481 e. The van der Waals surface area contributed by atoms with Gasteiger partial charge in [0.25, 0.3) is 0 Å². The van der Waals surface area contributed by atoms with E-state index in [9.17, 15) is 9.90 Å². The van der Waals surface area contributed by atoms with Crippen molar-refractivity contribution in [2.24, 2.45) is 5.92 Å². The van der Waals surface area contributed by atoms with Gasteiger partial charge in [-0.25, -0.2) is 9.97 Å². The minimum Gasteiger partial charge on any atom is -0.481 e. The fraction of sp³-hybridized carbons (Fsp3) is 0.263. The van der Waals surface area contributed by atoms with Crippen LogP contribution in [-0.2, 0) is 4.79 Å². The van der Waals surface area contributed by atoms with Gasteiger partial charge in [-0.05, 0) is 30.5 Å². The van der Waals surface area contributed by atoms with Crippen molar-refractivity contribution < 1.29 is 9.90 Å². The smallest absolute Gasteiger partial charge is 0.308 e. The van der Waals surface area contributed by atoms with Gasteiger partial charge in [-0.15, -0.1) is 0 Å². The number of anilines is 1. The lowest BCUT2D eigenvalue weighted by molar-refractivity contribution is -0.141. The predicted octanol–water partition coefficient (Wildman–Crippen LogP) is 3.65. The number of hydrogen-bond acceptors (Lipinski definition) is 5. The zero-order chi connectivity index (χ0) is 18.1. The molecule has 0 spiro atoms. The topological polar surface area (TPSA) is 79.2 Å². The highest BCUT2D eigenvalue weighted by Crippen LogP contribution is 2.35. The number of hydrogen-bond donors (Lipinski definition) is 1. The molecule has 1 N–H and O–H groups in total. The van der Waals surface area contributed by atoms with E-state index in [-0.39, 0.29) is 5.92 Å². The molecule has 2 aromatic heterocycles. The lowest BCUT2D eigenvalue weighted by Crippen LogP contribution is -2.39. The number of pyridine rings is 1. The summed E-state index contributed by atoms with van der Waals surface area (Å²) < 4.78 is 0. The lowest BCUT2D eigenvalue weighted by Gasteiger charge is -2.32. The molecule has 1 unspecified atom stereocenters. The highest BCUT2D eigenvalue weighted by Gasteiger charge is 2.27. The molecule has 0 radical (unpaired) electrons. The summed E-state index contributed by atoms with van der Waals surface area (Å²) in [5.41, 5.74) is 2.63. The number of rotatable bonds is 3. The third-order valence-corrected chi connectivity index (χ3v) is 4.94. The van der Waals surface area contributed by atoms with Gasteiger partial charge < -0.3 is 10.0 Å². The molecule has 1 aliphatic heterocycles. The maximum Gasteiger partial charge on any atom is 0.308 e. The van der Waals surface area contributed by atoms with Gasteiger partial charge in [0.1, 0.15) is 12.1 Å². The molecule has 6 nitrogen and oxygen atoms in total. The summed E-state index contributed by atoms with van der Waals surface area (Å²) in [6.07, 6.45) is 6.40. The molecular weight excluding hydrogens is 352 g/mol. The molecule has 26 heavy (non-hydrogen) atoms. The van der Waals surface area contributed by atoms with Crippen molar-refractivity contribution in [2.75, 3.05) is 18.0 Å². The standard InChI is InChI=1S/C19H17ClN4O2/c20-14-7-13(8-21-9-14)15-4-1-5-16-17(15)18(23-11-22-16)24-6-2-3-12(10-24)19(25)26/h1,4-5,7-9,11-12H,2-3,6,10H2,(H,25,26). The van der Waals surface area contributed by atoms with Crippen molar-refractivity contribution in [1.29, 1.82) is 0 Å². The highest BCUT2D eigenvalue weighted by molar-refractivity contribution is 6.30. The molecule has 0 amide bonds. The second-order valence-electron chi connectivity index (χ2n) is 6.41. The Morgan fingerprint density at radius 2 is 2.15 bits per heavy atom. The molecular formula is C19H17ClN4O2. The number of carboxylic acid groups (broad SMARTS) is 1. The van der Waals surface area contributed by atoms with E-state index >= 15 is 0 Å². The Labute approximate surface area is 155 Å². The van der Waals surface area contributed by atoms with Gasteiger partial charge in [-0.1, -0.05) is 23.7 Å². The van der Waals surface area contributed by atoms with Crippen molar-refractivity contribution in [1.82, 2.24) is 15.0 Å². The zero-order valence-electron chi connectivity index (χ0n) is 14.0. The van der Waals surface area contributed by atoms with Crippen LogP contribution in [0.2, 0.25) is 5.02 Å². The van der Waals surface area contributed by atoms with Gasteiger partial charge in [0, 0.05) is 31.0 Å². The van der Waals surface area contributed by atoms with E-state index in [0.29, 0.717) is 18.0 Å². The summed E-state index contributed by atoms with van der Waals surface area (Å²) in [4.78, 5) is 26.6. The average Bonchev–Trinajstić information content (AvgIpc) is 2.67. The summed E-state index contributed by atoms with van der Waals surface area (Å²) in [6, 6.07) is 7.71. The third-order valence-electron chi connectivity index (χ3n) is 4.73. The number of aromatic nitrogens is 3. The van der Waals surface area contributed by atoms with Gasteiger partial charge in [-0.2, -0.15) is 0 Å². The summed E-state index contributed by atoms with van der Waals surface area (Å²) in [7, 11) is 0. The van der Waals surface area contributed by atoms with E-state index in [1.54, 1.807) is 12.4 Å². The molecule has 1 aliphatic rings. The Morgan fingerprint density at radius 3 is 2.96 bits per heavy atom. The van der Waals surface area contributed by atoms with Crippen LogP contribution in [0.4, 0.5) is 5.82 Å². The number of halogens is 1. The first kappa shape index (κ1) is 16.7. The number of piperidine rings is 1.